The molecule has 0 saturated heterocycles. The smallest absolute Gasteiger partial charge is 0.262 e. The van der Waals surface area contributed by atoms with Crippen LogP contribution in [0.3, 0.4) is 0 Å². The fourth-order valence-electron chi connectivity index (χ4n) is 1.91. The molecule has 0 bridgehead atoms. The molecule has 0 heterocycles. The molecule has 130 valence electrons. The third kappa shape index (κ3) is 5.65. The molecular weight excluding hydrogens is 342 g/mol. The van der Waals surface area contributed by atoms with E-state index in [-0.39, 0.29) is 11.4 Å². The number of amides is 1. The van der Waals surface area contributed by atoms with E-state index in [1.165, 1.54) is 13.2 Å². The number of benzene rings is 2. The quantitative estimate of drug-likeness (QED) is 0.340. The number of Topliss-reactive ketones (excluding diaryl/α,β-unsaturated/α-hetero) is 1. The van der Waals surface area contributed by atoms with Crippen molar-refractivity contribution < 1.29 is 19.1 Å². The molecule has 2 aromatic rings. The Morgan fingerprint density at radius 2 is 1.60 bits per heavy atom. The van der Waals surface area contributed by atoms with E-state index in [2.05, 4.69) is 5.32 Å². The minimum absolute atomic E-state index is 0.0386. The summed E-state index contributed by atoms with van der Waals surface area (Å²) in [5.41, 5.74) is 0.500. The number of anilines is 1. The van der Waals surface area contributed by atoms with E-state index in [1.807, 2.05) is 0 Å². The lowest BCUT2D eigenvalue weighted by Crippen LogP contribution is -2.19. The van der Waals surface area contributed by atoms with Crippen molar-refractivity contribution in [3.05, 3.63) is 65.4 Å². The van der Waals surface area contributed by atoms with E-state index in [0.717, 1.165) is 0 Å². The lowest BCUT2D eigenvalue weighted by molar-refractivity contribution is -0.119. The number of carbonyl (C=O) groups is 2. The van der Waals surface area contributed by atoms with Crippen LogP contribution >= 0.6 is 11.6 Å². The van der Waals surface area contributed by atoms with Crippen molar-refractivity contribution in [2.75, 3.05) is 11.9 Å². The summed E-state index contributed by atoms with van der Waals surface area (Å²) < 4.78 is 10.7. The first-order valence-corrected chi connectivity index (χ1v) is 8.05. The van der Waals surface area contributed by atoms with Crippen molar-refractivity contribution in [2.24, 2.45) is 0 Å². The number of ketones is 1. The highest BCUT2D eigenvalue weighted by Gasteiger charge is 2.15. The lowest BCUT2D eigenvalue weighted by atomic mass is 10.2. The molecule has 2 aromatic carbocycles. The molecule has 0 aromatic heterocycles. The molecule has 1 N–H and O–H groups in total. The van der Waals surface area contributed by atoms with Gasteiger partial charge in [0.1, 0.15) is 17.1 Å². The molecule has 2 rings (SSSR count). The third-order valence-corrected chi connectivity index (χ3v) is 3.41. The van der Waals surface area contributed by atoms with E-state index >= 15 is 0 Å². The van der Waals surface area contributed by atoms with Gasteiger partial charge in [0.05, 0.1) is 12.9 Å². The van der Waals surface area contributed by atoms with Crippen molar-refractivity contribution in [1.82, 2.24) is 0 Å². The maximum absolute atomic E-state index is 12.1. The average molecular weight is 360 g/mol. The zero-order valence-corrected chi connectivity index (χ0v) is 14.7. The maximum atomic E-state index is 12.1. The van der Waals surface area contributed by atoms with Crippen LogP contribution in [0.25, 0.3) is 0 Å². The first-order chi connectivity index (χ1) is 12.0. The van der Waals surface area contributed by atoms with Gasteiger partial charge in [0.25, 0.3) is 5.91 Å². The molecule has 0 saturated carbocycles. The first kappa shape index (κ1) is 18.5. The molecule has 0 aliphatic heterocycles. The Hall–Kier alpha value is -2.79. The van der Waals surface area contributed by atoms with Crippen molar-refractivity contribution in [1.29, 1.82) is 0 Å². The van der Waals surface area contributed by atoms with Gasteiger partial charge < -0.3 is 14.8 Å². The van der Waals surface area contributed by atoms with Gasteiger partial charge in [0.2, 0.25) is 0 Å². The number of hydrogen-bond donors (Lipinski definition) is 1. The Labute approximate surface area is 151 Å². The summed E-state index contributed by atoms with van der Waals surface area (Å²) in [6.45, 7) is 3.46. The van der Waals surface area contributed by atoms with Crippen LogP contribution in [-0.2, 0) is 14.3 Å². The van der Waals surface area contributed by atoms with Gasteiger partial charge in [0, 0.05) is 10.7 Å². The van der Waals surface area contributed by atoms with Gasteiger partial charge in [0.15, 0.2) is 5.78 Å². The van der Waals surface area contributed by atoms with Crippen molar-refractivity contribution >= 4 is 29.0 Å². The largest absolute Gasteiger partial charge is 0.501 e. The number of rotatable bonds is 7. The van der Waals surface area contributed by atoms with Gasteiger partial charge in [-0.05, 0) is 62.4 Å². The standard InChI is InChI=1S/C19H18ClNO4/c1-3-24-12-18(13(2)22)19(23)21-15-6-10-17(11-7-15)25-16-8-4-14(20)5-9-16/h4-12H,3H2,1-2H3,(H,21,23). The third-order valence-electron chi connectivity index (χ3n) is 3.15. The number of hydrogen-bond acceptors (Lipinski definition) is 4. The summed E-state index contributed by atoms with van der Waals surface area (Å²) >= 11 is 5.83. The maximum Gasteiger partial charge on any atom is 0.262 e. The van der Waals surface area contributed by atoms with Gasteiger partial charge in [-0.25, -0.2) is 0 Å². The number of halogens is 1. The van der Waals surface area contributed by atoms with Crippen LogP contribution in [0, 0.1) is 0 Å². The molecule has 1 amide bonds. The highest BCUT2D eigenvalue weighted by molar-refractivity contribution is 6.30. The van der Waals surface area contributed by atoms with Crippen molar-refractivity contribution in [3.8, 4) is 11.5 Å². The summed E-state index contributed by atoms with van der Waals surface area (Å²) in [5, 5.41) is 3.28. The Balaban J connectivity index is 2.03. The molecule has 0 fully saturated rings. The molecule has 25 heavy (non-hydrogen) atoms. The summed E-state index contributed by atoms with van der Waals surface area (Å²) in [6.07, 6.45) is 1.18. The summed E-state index contributed by atoms with van der Waals surface area (Å²) in [5.74, 6) is 0.373. The Kier molecular flexibility index (Phi) is 6.60. The highest BCUT2D eigenvalue weighted by atomic mass is 35.5. The van der Waals surface area contributed by atoms with E-state index < -0.39 is 5.91 Å². The van der Waals surface area contributed by atoms with Crippen LogP contribution in [0.15, 0.2) is 60.4 Å². The second kappa shape index (κ2) is 8.89. The molecule has 0 aliphatic rings. The number of ether oxygens (including phenoxy) is 2. The molecule has 0 atom stereocenters. The second-order valence-corrected chi connectivity index (χ2v) is 5.51. The van der Waals surface area contributed by atoms with Crippen molar-refractivity contribution in [3.63, 3.8) is 0 Å². The first-order valence-electron chi connectivity index (χ1n) is 7.67. The summed E-state index contributed by atoms with van der Waals surface area (Å²) in [7, 11) is 0. The van der Waals surface area contributed by atoms with Crippen LogP contribution in [-0.4, -0.2) is 18.3 Å². The molecule has 0 unspecified atom stereocenters. The predicted octanol–water partition coefficient (Wildman–Crippen LogP) is 4.58. The van der Waals surface area contributed by atoms with Crippen LogP contribution in [0.1, 0.15) is 13.8 Å². The molecule has 0 aliphatic carbocycles. The SMILES string of the molecule is CCOC=C(C(C)=O)C(=O)Nc1ccc(Oc2ccc(Cl)cc2)cc1. The van der Waals surface area contributed by atoms with Gasteiger partial charge in [-0.3, -0.25) is 9.59 Å². The van der Waals surface area contributed by atoms with Gasteiger partial charge in [-0.2, -0.15) is 0 Å². The zero-order valence-electron chi connectivity index (χ0n) is 13.9. The van der Waals surface area contributed by atoms with Crippen LogP contribution < -0.4 is 10.1 Å². The van der Waals surface area contributed by atoms with Crippen LogP contribution in [0.5, 0.6) is 11.5 Å². The lowest BCUT2D eigenvalue weighted by Gasteiger charge is -2.09. The molecule has 6 heteroatoms. The Morgan fingerprint density at radius 1 is 1.04 bits per heavy atom. The highest BCUT2D eigenvalue weighted by Crippen LogP contribution is 2.24. The van der Waals surface area contributed by atoms with Crippen LogP contribution in [0.4, 0.5) is 5.69 Å². The Morgan fingerprint density at radius 3 is 2.12 bits per heavy atom. The van der Waals surface area contributed by atoms with E-state index in [1.54, 1.807) is 55.5 Å². The van der Waals surface area contributed by atoms with Gasteiger partial charge in [-0.1, -0.05) is 11.6 Å². The zero-order chi connectivity index (χ0) is 18.2. The molecular formula is C19H18ClNO4. The fourth-order valence-corrected chi connectivity index (χ4v) is 2.03. The molecule has 0 radical (unpaired) electrons. The fraction of sp³-hybridized carbons (Fsp3) is 0.158. The average Bonchev–Trinajstić information content (AvgIpc) is 2.59. The normalized spacial score (nSPS) is 10.9. The topological polar surface area (TPSA) is 64.6 Å². The summed E-state index contributed by atoms with van der Waals surface area (Å²) in [6, 6.07) is 13.8. The second-order valence-electron chi connectivity index (χ2n) is 5.08. The Bertz CT molecular complexity index is 767. The van der Waals surface area contributed by atoms with E-state index in [9.17, 15) is 9.59 Å². The van der Waals surface area contributed by atoms with Gasteiger partial charge in [-0.15, -0.1) is 0 Å². The summed E-state index contributed by atoms with van der Waals surface area (Å²) in [4.78, 5) is 23.7. The minimum atomic E-state index is -0.521. The number of carbonyl (C=O) groups excluding carboxylic acids is 2. The predicted molar refractivity (Wildman–Crippen MR) is 97.0 cm³/mol. The number of nitrogens with one attached hydrogen (secondary N) is 1. The monoisotopic (exact) mass is 359 g/mol. The van der Waals surface area contributed by atoms with E-state index in [4.69, 9.17) is 21.1 Å². The van der Waals surface area contributed by atoms with E-state index in [0.29, 0.717) is 28.8 Å². The molecule has 5 nitrogen and oxygen atoms in total. The van der Waals surface area contributed by atoms with Crippen LogP contribution in [0.2, 0.25) is 5.02 Å². The molecule has 0 spiro atoms. The van der Waals surface area contributed by atoms with Crippen molar-refractivity contribution in [2.45, 2.75) is 13.8 Å². The minimum Gasteiger partial charge on any atom is -0.501 e. The van der Waals surface area contributed by atoms with Gasteiger partial charge >= 0.3 is 0 Å².